The fourth-order valence-corrected chi connectivity index (χ4v) is 6.48. The lowest BCUT2D eigenvalue weighted by atomic mass is 10.00. The maximum Gasteiger partial charge on any atom is 0.164 e. The Kier molecular flexibility index (Phi) is 4.27. The highest BCUT2D eigenvalue weighted by Crippen LogP contribution is 2.38. The summed E-state index contributed by atoms with van der Waals surface area (Å²) in [6.45, 7) is 0. The molecule has 0 aliphatic carbocycles. The van der Waals surface area contributed by atoms with Crippen LogP contribution in [0.4, 0.5) is 0 Å². The molecule has 10 rings (SSSR count). The first kappa shape index (κ1) is 18.7. The first-order valence-corrected chi connectivity index (χ1v) is 15.9. The molecule has 0 radical (unpaired) electrons. The SMILES string of the molecule is [2H]c1c([2H])c([2H])c(-n2c3c([2H])c([2H])c([2H])c([2H])c3c3c([2H])c(-c4cc(-c5cccc(-c6ccccc6)c5)nc(-c5cccc6c5oc5ccccc56)n4)c([2H])c([2H])c32)c([2H])c1[2H]. The molecule has 234 valence electrons. The van der Waals surface area contributed by atoms with E-state index in [1.54, 1.807) is 12.1 Å². The summed E-state index contributed by atoms with van der Waals surface area (Å²) in [5.74, 6) is 0.182. The predicted octanol–water partition coefficient (Wildman–Crippen LogP) is 12.1. The van der Waals surface area contributed by atoms with Crippen LogP contribution in [0.2, 0.25) is 0 Å². The van der Waals surface area contributed by atoms with E-state index in [9.17, 15) is 4.11 Å². The Balaban J connectivity index is 1.33. The highest BCUT2D eigenvalue weighted by atomic mass is 16.3. The molecule has 0 saturated carbocycles. The van der Waals surface area contributed by atoms with Crippen LogP contribution >= 0.6 is 0 Å². The first-order chi connectivity index (χ1) is 29.8. The highest BCUT2D eigenvalue weighted by molar-refractivity contribution is 6.11. The molecule has 0 spiro atoms. The van der Waals surface area contributed by atoms with Crippen LogP contribution in [-0.2, 0) is 0 Å². The molecule has 10 aromatic rings. The van der Waals surface area contributed by atoms with Crippen molar-refractivity contribution in [1.82, 2.24) is 14.5 Å². The van der Waals surface area contributed by atoms with Crippen LogP contribution in [0.15, 0.2) is 180 Å². The van der Waals surface area contributed by atoms with Crippen LogP contribution in [0.3, 0.4) is 0 Å². The smallest absolute Gasteiger partial charge is 0.164 e. The van der Waals surface area contributed by atoms with Gasteiger partial charge < -0.3 is 8.98 Å². The zero-order valence-electron chi connectivity index (χ0n) is 38.1. The quantitative estimate of drug-likeness (QED) is 0.186. The van der Waals surface area contributed by atoms with E-state index in [1.165, 1.54) is 0 Å². The van der Waals surface area contributed by atoms with Gasteiger partial charge in [-0.3, -0.25) is 0 Å². The van der Waals surface area contributed by atoms with Crippen molar-refractivity contribution in [2.75, 3.05) is 0 Å². The Morgan fingerprint density at radius 2 is 1.20 bits per heavy atom. The molecule has 7 aromatic carbocycles. The van der Waals surface area contributed by atoms with Gasteiger partial charge in [-0.25, -0.2) is 9.97 Å². The summed E-state index contributed by atoms with van der Waals surface area (Å²) in [6.07, 6.45) is 0. The molecule has 0 saturated heterocycles. The summed E-state index contributed by atoms with van der Waals surface area (Å²) < 4.78 is 114. The van der Waals surface area contributed by atoms with Crippen LogP contribution < -0.4 is 0 Å². The average molecular weight is 652 g/mol. The summed E-state index contributed by atoms with van der Waals surface area (Å²) >= 11 is 0. The van der Waals surface area contributed by atoms with Gasteiger partial charge in [0, 0.05) is 38.4 Å². The zero-order chi connectivity index (χ0) is 43.5. The van der Waals surface area contributed by atoms with E-state index in [0.29, 0.717) is 28.0 Å². The van der Waals surface area contributed by atoms with Gasteiger partial charge in [0.05, 0.1) is 44.4 Å². The third-order valence-electron chi connectivity index (χ3n) is 8.76. The van der Waals surface area contributed by atoms with Gasteiger partial charge in [0.15, 0.2) is 5.82 Å². The van der Waals surface area contributed by atoms with Gasteiger partial charge in [-0.05, 0) is 65.6 Å². The lowest BCUT2D eigenvalue weighted by Crippen LogP contribution is -1.97. The summed E-state index contributed by atoms with van der Waals surface area (Å²) in [4.78, 5) is 10.0. The Morgan fingerprint density at radius 1 is 0.500 bits per heavy atom. The molecule has 0 N–H and O–H groups in total. The minimum atomic E-state index is -0.714. The Hall–Kier alpha value is -6.78. The number of hydrogen-bond donors (Lipinski definition) is 0. The molecule has 3 heterocycles. The molecule has 0 aliphatic heterocycles. The third-order valence-corrected chi connectivity index (χ3v) is 8.76. The van der Waals surface area contributed by atoms with Crippen molar-refractivity contribution >= 4 is 43.7 Å². The van der Waals surface area contributed by atoms with Gasteiger partial charge in [-0.1, -0.05) is 121 Å². The topological polar surface area (TPSA) is 43.9 Å². The Morgan fingerprint density at radius 3 is 2.10 bits per heavy atom. The minimum Gasteiger partial charge on any atom is -0.455 e. The van der Waals surface area contributed by atoms with Crippen molar-refractivity contribution in [3.63, 3.8) is 0 Å². The first-order valence-electron chi connectivity index (χ1n) is 21.9. The molecule has 0 atom stereocenters. The maximum atomic E-state index is 9.84. The van der Waals surface area contributed by atoms with Gasteiger partial charge in [0.1, 0.15) is 11.2 Å². The van der Waals surface area contributed by atoms with Gasteiger partial charge in [-0.15, -0.1) is 0 Å². The number of hydrogen-bond acceptors (Lipinski definition) is 3. The monoisotopic (exact) mass is 651 g/mol. The second kappa shape index (κ2) is 11.4. The molecular formula is C46H29N3O. The largest absolute Gasteiger partial charge is 0.455 e. The normalized spacial score (nSPS) is 15.0. The molecule has 0 amide bonds. The van der Waals surface area contributed by atoms with Crippen LogP contribution in [0.5, 0.6) is 0 Å². The van der Waals surface area contributed by atoms with Crippen molar-refractivity contribution in [1.29, 1.82) is 0 Å². The second-order valence-corrected chi connectivity index (χ2v) is 11.7. The molecule has 50 heavy (non-hydrogen) atoms. The van der Waals surface area contributed by atoms with E-state index in [0.717, 1.165) is 26.5 Å². The standard InChI is InChI=1S/C46H29N3O/c1-3-13-30(14-4-1)31-15-11-16-32(27-31)40-29-41(48-46(47-40)38-22-12-21-37-36-20-8-10-24-44(36)50-45(37)38)33-25-26-43-39(28-33)35-19-7-9-23-42(35)49(43)34-17-5-2-6-18-34/h1-29H/i2D,5D,6D,7D,9D,17D,18D,19D,23D,25D,26D,28D. The number of furan rings is 1. The second-order valence-electron chi connectivity index (χ2n) is 11.7. The molecule has 4 nitrogen and oxygen atoms in total. The molecule has 0 bridgehead atoms. The molecule has 0 fully saturated rings. The number of nitrogens with zero attached hydrogens (tertiary/aromatic N) is 3. The summed E-state index contributed by atoms with van der Waals surface area (Å²) in [6, 6.07) is 24.7. The molecule has 0 aliphatic rings. The lowest BCUT2D eigenvalue weighted by molar-refractivity contribution is 0.669. The van der Waals surface area contributed by atoms with Crippen molar-refractivity contribution in [2.24, 2.45) is 0 Å². The number of benzene rings is 7. The van der Waals surface area contributed by atoms with Crippen molar-refractivity contribution in [3.05, 3.63) is 176 Å². The van der Waals surface area contributed by atoms with Gasteiger partial charge in [0.25, 0.3) is 0 Å². The van der Waals surface area contributed by atoms with Crippen LogP contribution in [0, 0.1) is 0 Å². The van der Waals surface area contributed by atoms with E-state index < -0.39 is 78.2 Å². The summed E-state index contributed by atoms with van der Waals surface area (Å²) in [5, 5.41) is 1.27. The highest BCUT2D eigenvalue weighted by Gasteiger charge is 2.18. The van der Waals surface area contributed by atoms with Crippen LogP contribution in [0.1, 0.15) is 16.4 Å². The van der Waals surface area contributed by atoms with Crippen LogP contribution in [-0.4, -0.2) is 14.5 Å². The Labute approximate surface area is 305 Å². The number of para-hydroxylation sites is 4. The maximum absolute atomic E-state index is 9.84. The zero-order valence-corrected chi connectivity index (χ0v) is 26.1. The third kappa shape index (κ3) is 4.61. The summed E-state index contributed by atoms with van der Waals surface area (Å²) in [5.41, 5.74) is 3.38. The fraction of sp³-hybridized carbons (Fsp3) is 0. The van der Waals surface area contributed by atoms with Gasteiger partial charge in [-0.2, -0.15) is 0 Å². The van der Waals surface area contributed by atoms with E-state index >= 15 is 0 Å². The van der Waals surface area contributed by atoms with E-state index in [-0.39, 0.29) is 38.9 Å². The number of rotatable bonds is 5. The van der Waals surface area contributed by atoms with Crippen molar-refractivity contribution in [2.45, 2.75) is 0 Å². The number of aromatic nitrogens is 3. The van der Waals surface area contributed by atoms with E-state index in [4.69, 9.17) is 26.7 Å². The van der Waals surface area contributed by atoms with Gasteiger partial charge >= 0.3 is 0 Å². The van der Waals surface area contributed by atoms with Crippen molar-refractivity contribution in [3.8, 4) is 50.7 Å². The van der Waals surface area contributed by atoms with Crippen LogP contribution in [0.25, 0.3) is 94.5 Å². The molecular weight excluding hydrogens is 611 g/mol. The Bertz CT molecular complexity index is 3540. The average Bonchev–Trinajstić information content (AvgIpc) is 3.86. The molecule has 4 heteroatoms. The number of fused-ring (bicyclic) bond motifs is 6. The van der Waals surface area contributed by atoms with Gasteiger partial charge in [0.2, 0.25) is 0 Å². The van der Waals surface area contributed by atoms with E-state index in [2.05, 4.69) is 0 Å². The molecule has 3 aromatic heterocycles. The minimum absolute atomic E-state index is 0.0539. The predicted molar refractivity (Wildman–Crippen MR) is 205 cm³/mol. The lowest BCUT2D eigenvalue weighted by Gasteiger charge is -2.11. The van der Waals surface area contributed by atoms with Crippen molar-refractivity contribution < 1.29 is 20.9 Å². The summed E-state index contributed by atoms with van der Waals surface area (Å²) in [7, 11) is 0. The fourth-order valence-electron chi connectivity index (χ4n) is 6.48. The van der Waals surface area contributed by atoms with E-state index in [1.807, 2.05) is 91.0 Å². The molecule has 0 unspecified atom stereocenters.